The van der Waals surface area contributed by atoms with Crippen molar-refractivity contribution in [2.24, 2.45) is 4.99 Å². The fourth-order valence-corrected chi connectivity index (χ4v) is 4.29. The van der Waals surface area contributed by atoms with Crippen LogP contribution in [0.5, 0.6) is 5.75 Å². The predicted octanol–water partition coefficient (Wildman–Crippen LogP) is 4.24. The Morgan fingerprint density at radius 2 is 2.13 bits per heavy atom. The lowest BCUT2D eigenvalue weighted by Crippen LogP contribution is -2.45. The molecule has 2 aromatic rings. The SMILES string of the molecule is CCNC(=NCCc1cn2c(n1)CCCC2)NC1CC(C)(C)Oc2ccccc21.I. The van der Waals surface area contributed by atoms with E-state index in [0.717, 1.165) is 56.3 Å². The second kappa shape index (κ2) is 10.0. The minimum absolute atomic E-state index is 0. The van der Waals surface area contributed by atoms with Gasteiger partial charge in [0.1, 0.15) is 17.2 Å². The summed E-state index contributed by atoms with van der Waals surface area (Å²) in [7, 11) is 0. The lowest BCUT2D eigenvalue weighted by Gasteiger charge is -2.38. The number of rotatable bonds is 5. The number of para-hydroxylation sites is 1. The van der Waals surface area contributed by atoms with E-state index in [1.54, 1.807) is 0 Å². The molecule has 0 fully saturated rings. The zero-order valence-corrected chi connectivity index (χ0v) is 20.6. The second-order valence-electron chi connectivity index (χ2n) is 8.61. The molecular formula is C23H34IN5O. The Balaban J connectivity index is 0.00000256. The smallest absolute Gasteiger partial charge is 0.191 e. The van der Waals surface area contributed by atoms with Crippen LogP contribution >= 0.6 is 24.0 Å². The van der Waals surface area contributed by atoms with E-state index in [1.807, 2.05) is 6.07 Å². The molecular weight excluding hydrogens is 489 g/mol. The van der Waals surface area contributed by atoms with E-state index in [2.05, 4.69) is 60.4 Å². The summed E-state index contributed by atoms with van der Waals surface area (Å²) in [4.78, 5) is 9.63. The Labute approximate surface area is 196 Å². The highest BCUT2D eigenvalue weighted by Crippen LogP contribution is 2.39. The van der Waals surface area contributed by atoms with Gasteiger partial charge in [0.15, 0.2) is 5.96 Å². The Morgan fingerprint density at radius 3 is 2.93 bits per heavy atom. The highest BCUT2D eigenvalue weighted by molar-refractivity contribution is 14.0. The molecule has 0 radical (unpaired) electrons. The van der Waals surface area contributed by atoms with Gasteiger partial charge in [0.05, 0.1) is 11.7 Å². The molecule has 0 aliphatic carbocycles. The number of hydrogen-bond donors (Lipinski definition) is 2. The molecule has 164 valence electrons. The van der Waals surface area contributed by atoms with Crippen LogP contribution in [0.15, 0.2) is 35.5 Å². The van der Waals surface area contributed by atoms with Gasteiger partial charge in [0, 0.05) is 50.7 Å². The van der Waals surface area contributed by atoms with Crippen LogP contribution in [0.4, 0.5) is 0 Å². The summed E-state index contributed by atoms with van der Waals surface area (Å²) in [6.07, 6.45) is 7.59. The number of benzene rings is 1. The standard InChI is InChI=1S/C23H33N5O.HI/c1-4-24-22(25-13-12-17-16-28-14-8-7-11-21(28)26-17)27-19-15-23(2,3)29-20-10-6-5-9-18(19)20;/h5-6,9-10,16,19H,4,7-8,11-15H2,1-3H3,(H2,24,25,27);1H. The maximum Gasteiger partial charge on any atom is 0.191 e. The molecule has 0 amide bonds. The molecule has 30 heavy (non-hydrogen) atoms. The Kier molecular flexibility index (Phi) is 7.65. The third-order valence-corrected chi connectivity index (χ3v) is 5.63. The van der Waals surface area contributed by atoms with Gasteiger partial charge in [-0.2, -0.15) is 0 Å². The molecule has 0 spiro atoms. The first-order valence-corrected chi connectivity index (χ1v) is 10.9. The molecule has 3 heterocycles. The van der Waals surface area contributed by atoms with E-state index < -0.39 is 0 Å². The van der Waals surface area contributed by atoms with Crippen LogP contribution in [0.25, 0.3) is 0 Å². The van der Waals surface area contributed by atoms with Gasteiger partial charge in [-0.3, -0.25) is 4.99 Å². The van der Waals surface area contributed by atoms with Crippen molar-refractivity contribution in [3.8, 4) is 5.75 Å². The molecule has 2 aliphatic rings. The third kappa shape index (κ3) is 5.47. The molecule has 2 N–H and O–H groups in total. The van der Waals surface area contributed by atoms with Gasteiger partial charge >= 0.3 is 0 Å². The van der Waals surface area contributed by atoms with E-state index in [9.17, 15) is 0 Å². The lowest BCUT2D eigenvalue weighted by atomic mass is 9.90. The zero-order valence-electron chi connectivity index (χ0n) is 18.3. The summed E-state index contributed by atoms with van der Waals surface area (Å²) in [6, 6.07) is 8.46. The molecule has 1 aromatic heterocycles. The van der Waals surface area contributed by atoms with Crippen molar-refractivity contribution in [1.82, 2.24) is 20.2 Å². The van der Waals surface area contributed by atoms with Crippen molar-refractivity contribution in [2.45, 2.75) is 71.1 Å². The average Bonchev–Trinajstić information content (AvgIpc) is 3.10. The van der Waals surface area contributed by atoms with Gasteiger partial charge in [-0.25, -0.2) is 4.98 Å². The Bertz CT molecular complexity index is 853. The van der Waals surface area contributed by atoms with E-state index in [4.69, 9.17) is 14.7 Å². The van der Waals surface area contributed by atoms with Gasteiger partial charge in [-0.15, -0.1) is 24.0 Å². The van der Waals surface area contributed by atoms with E-state index in [-0.39, 0.29) is 35.6 Å². The summed E-state index contributed by atoms with van der Waals surface area (Å²) < 4.78 is 8.47. The van der Waals surface area contributed by atoms with Crippen LogP contribution in [0.2, 0.25) is 0 Å². The van der Waals surface area contributed by atoms with E-state index >= 15 is 0 Å². The molecule has 0 saturated carbocycles. The fraction of sp³-hybridized carbons (Fsp3) is 0.565. The normalized spacial score (nSPS) is 19.7. The summed E-state index contributed by atoms with van der Waals surface area (Å²) >= 11 is 0. The van der Waals surface area contributed by atoms with E-state index in [1.165, 1.54) is 24.2 Å². The van der Waals surface area contributed by atoms with Crippen LogP contribution in [-0.2, 0) is 19.4 Å². The Morgan fingerprint density at radius 1 is 1.30 bits per heavy atom. The monoisotopic (exact) mass is 523 g/mol. The highest BCUT2D eigenvalue weighted by atomic mass is 127. The highest BCUT2D eigenvalue weighted by Gasteiger charge is 2.33. The predicted molar refractivity (Wildman–Crippen MR) is 132 cm³/mol. The molecule has 1 unspecified atom stereocenters. The van der Waals surface area contributed by atoms with Crippen molar-refractivity contribution in [3.63, 3.8) is 0 Å². The zero-order chi connectivity index (χ0) is 20.3. The quantitative estimate of drug-likeness (QED) is 0.350. The molecule has 4 rings (SSSR count). The van der Waals surface area contributed by atoms with Crippen LogP contribution in [-0.4, -0.2) is 34.2 Å². The number of ether oxygens (including phenoxy) is 1. The number of nitrogens with one attached hydrogen (secondary N) is 2. The minimum atomic E-state index is -0.209. The number of halogens is 1. The summed E-state index contributed by atoms with van der Waals surface area (Å²) in [5, 5.41) is 7.03. The van der Waals surface area contributed by atoms with Crippen molar-refractivity contribution in [2.75, 3.05) is 13.1 Å². The number of aliphatic imine (C=N–C) groups is 1. The number of hydrogen-bond acceptors (Lipinski definition) is 3. The molecule has 7 heteroatoms. The number of imidazole rings is 1. The molecule has 2 aliphatic heterocycles. The largest absolute Gasteiger partial charge is 0.487 e. The maximum atomic E-state index is 6.16. The molecule has 0 bridgehead atoms. The molecule has 1 atom stereocenters. The summed E-state index contributed by atoms with van der Waals surface area (Å²) in [5.41, 5.74) is 2.14. The van der Waals surface area contributed by atoms with Crippen molar-refractivity contribution in [1.29, 1.82) is 0 Å². The number of aryl methyl sites for hydroxylation is 2. The van der Waals surface area contributed by atoms with Crippen LogP contribution in [0, 0.1) is 0 Å². The molecule has 6 nitrogen and oxygen atoms in total. The van der Waals surface area contributed by atoms with Gasteiger partial charge < -0.3 is 19.9 Å². The summed E-state index contributed by atoms with van der Waals surface area (Å²) in [6.45, 7) is 9.04. The van der Waals surface area contributed by atoms with Crippen LogP contribution in [0.1, 0.15) is 63.2 Å². The Hall–Kier alpha value is -1.77. The summed E-state index contributed by atoms with van der Waals surface area (Å²) in [5.74, 6) is 3.05. The third-order valence-electron chi connectivity index (χ3n) is 5.63. The molecule has 0 saturated heterocycles. The van der Waals surface area contributed by atoms with Crippen LogP contribution in [0.3, 0.4) is 0 Å². The van der Waals surface area contributed by atoms with Gasteiger partial charge in [-0.05, 0) is 39.7 Å². The van der Waals surface area contributed by atoms with Gasteiger partial charge in [-0.1, -0.05) is 18.2 Å². The maximum absolute atomic E-state index is 6.16. The first kappa shape index (κ1) is 22.9. The number of fused-ring (bicyclic) bond motifs is 2. The van der Waals surface area contributed by atoms with Crippen molar-refractivity contribution < 1.29 is 4.74 Å². The van der Waals surface area contributed by atoms with Gasteiger partial charge in [0.2, 0.25) is 0 Å². The lowest BCUT2D eigenvalue weighted by molar-refractivity contribution is 0.0694. The first-order valence-electron chi connectivity index (χ1n) is 10.9. The molecule has 1 aromatic carbocycles. The van der Waals surface area contributed by atoms with E-state index in [0.29, 0.717) is 0 Å². The number of aromatic nitrogens is 2. The van der Waals surface area contributed by atoms with Crippen molar-refractivity contribution in [3.05, 3.63) is 47.5 Å². The number of nitrogens with zero attached hydrogens (tertiary/aromatic N) is 3. The first-order chi connectivity index (χ1) is 14.0. The topological polar surface area (TPSA) is 63.5 Å². The number of guanidine groups is 1. The minimum Gasteiger partial charge on any atom is -0.487 e. The van der Waals surface area contributed by atoms with Crippen molar-refractivity contribution >= 4 is 29.9 Å². The van der Waals surface area contributed by atoms with Gasteiger partial charge in [0.25, 0.3) is 0 Å². The average molecular weight is 523 g/mol. The fourth-order valence-electron chi connectivity index (χ4n) is 4.29. The second-order valence-corrected chi connectivity index (χ2v) is 8.61. The van der Waals surface area contributed by atoms with Crippen LogP contribution < -0.4 is 15.4 Å².